The van der Waals surface area contributed by atoms with Crippen molar-refractivity contribution in [2.75, 3.05) is 12.4 Å². The van der Waals surface area contributed by atoms with Crippen LogP contribution in [0.4, 0.5) is 14.5 Å². The van der Waals surface area contributed by atoms with Crippen LogP contribution >= 0.6 is 0 Å². The Balaban J connectivity index is 1.77. The van der Waals surface area contributed by atoms with Gasteiger partial charge in [-0.1, -0.05) is 0 Å². The Morgan fingerprint density at radius 2 is 2.04 bits per heavy atom. The molecule has 0 unspecified atom stereocenters. The van der Waals surface area contributed by atoms with Crippen LogP contribution in [0.2, 0.25) is 0 Å². The molecule has 6 heteroatoms. The van der Waals surface area contributed by atoms with Gasteiger partial charge in [0.2, 0.25) is 5.91 Å². The number of hydrogen-bond donors (Lipinski definition) is 1. The highest BCUT2D eigenvalue weighted by Gasteiger charge is 2.13. The lowest BCUT2D eigenvalue weighted by atomic mass is 10.1. The lowest BCUT2D eigenvalue weighted by Crippen LogP contribution is -2.15. The zero-order valence-electron chi connectivity index (χ0n) is 12.2. The quantitative estimate of drug-likeness (QED) is 0.794. The van der Waals surface area contributed by atoms with Crippen LogP contribution < -0.4 is 10.1 Å². The normalized spacial score (nSPS) is 10.7. The highest BCUT2D eigenvalue weighted by atomic mass is 19.1. The van der Waals surface area contributed by atoms with Crippen molar-refractivity contribution in [3.8, 4) is 5.75 Å². The van der Waals surface area contributed by atoms with Crippen LogP contribution in [0.5, 0.6) is 5.75 Å². The lowest BCUT2D eigenvalue weighted by Gasteiger charge is -2.06. The van der Waals surface area contributed by atoms with Crippen molar-refractivity contribution < 1.29 is 22.7 Å². The summed E-state index contributed by atoms with van der Waals surface area (Å²) in [4.78, 5) is 12.0. The number of halogens is 2. The fourth-order valence-electron chi connectivity index (χ4n) is 2.29. The van der Waals surface area contributed by atoms with Gasteiger partial charge >= 0.3 is 0 Å². The minimum absolute atomic E-state index is 0.0101. The predicted molar refractivity (Wildman–Crippen MR) is 81.5 cm³/mol. The molecule has 3 aromatic rings. The molecular weight excluding hydrogens is 304 g/mol. The molecule has 23 heavy (non-hydrogen) atoms. The summed E-state index contributed by atoms with van der Waals surface area (Å²) in [6.45, 7) is 0. The molecule has 0 fully saturated rings. The smallest absolute Gasteiger partial charge is 0.229 e. The van der Waals surface area contributed by atoms with E-state index < -0.39 is 17.5 Å². The van der Waals surface area contributed by atoms with E-state index in [9.17, 15) is 13.6 Å². The number of amides is 1. The first kappa shape index (κ1) is 15.0. The third kappa shape index (κ3) is 3.15. The Bertz CT molecular complexity index is 873. The third-order valence-electron chi connectivity index (χ3n) is 3.42. The SMILES string of the molecule is COc1ccc2c(CC(=O)Nc3ccc(F)cc3F)coc2c1. The Morgan fingerprint density at radius 1 is 1.22 bits per heavy atom. The van der Waals surface area contributed by atoms with Crippen molar-refractivity contribution >= 4 is 22.6 Å². The highest BCUT2D eigenvalue weighted by Crippen LogP contribution is 2.26. The van der Waals surface area contributed by atoms with Crippen LogP contribution in [0, 0.1) is 11.6 Å². The molecule has 0 aliphatic rings. The van der Waals surface area contributed by atoms with Gasteiger partial charge < -0.3 is 14.5 Å². The fraction of sp³-hybridized carbons (Fsp3) is 0.118. The molecule has 0 radical (unpaired) electrons. The van der Waals surface area contributed by atoms with E-state index in [1.165, 1.54) is 12.3 Å². The summed E-state index contributed by atoms with van der Waals surface area (Å²) in [5, 5.41) is 3.19. The molecule has 0 spiro atoms. The van der Waals surface area contributed by atoms with Crippen molar-refractivity contribution in [3.05, 3.63) is 59.9 Å². The van der Waals surface area contributed by atoms with Crippen LogP contribution in [0.3, 0.4) is 0 Å². The second-order valence-corrected chi connectivity index (χ2v) is 4.97. The number of furan rings is 1. The molecule has 0 saturated heterocycles. The predicted octanol–water partition coefficient (Wildman–Crippen LogP) is 3.90. The second-order valence-electron chi connectivity index (χ2n) is 4.97. The summed E-state index contributed by atoms with van der Waals surface area (Å²) in [7, 11) is 1.55. The number of anilines is 1. The standard InChI is InChI=1S/C17H13F2NO3/c1-22-12-3-4-13-10(9-23-16(13)8-12)6-17(21)20-15-5-2-11(18)7-14(15)19/h2-5,7-9H,6H2,1H3,(H,20,21). The largest absolute Gasteiger partial charge is 0.497 e. The summed E-state index contributed by atoms with van der Waals surface area (Å²) < 4.78 is 36.9. The van der Waals surface area contributed by atoms with Crippen molar-refractivity contribution in [3.63, 3.8) is 0 Å². The average Bonchev–Trinajstić information content (AvgIpc) is 2.92. The number of methoxy groups -OCH3 is 1. The Hall–Kier alpha value is -2.89. The lowest BCUT2D eigenvalue weighted by molar-refractivity contribution is -0.115. The van der Waals surface area contributed by atoms with Crippen LogP contribution in [-0.4, -0.2) is 13.0 Å². The molecule has 2 aromatic carbocycles. The first-order valence-electron chi connectivity index (χ1n) is 6.86. The zero-order chi connectivity index (χ0) is 16.4. The summed E-state index contributed by atoms with van der Waals surface area (Å²) in [5.74, 6) is -1.29. The first-order valence-corrected chi connectivity index (χ1v) is 6.86. The molecule has 3 rings (SSSR count). The van der Waals surface area contributed by atoms with Gasteiger partial charge in [0.15, 0.2) is 0 Å². The molecule has 0 aliphatic carbocycles. The van der Waals surface area contributed by atoms with Gasteiger partial charge in [0.25, 0.3) is 0 Å². The van der Waals surface area contributed by atoms with E-state index in [0.29, 0.717) is 16.9 Å². The monoisotopic (exact) mass is 317 g/mol. The molecule has 4 nitrogen and oxygen atoms in total. The molecule has 0 atom stereocenters. The topological polar surface area (TPSA) is 51.5 Å². The van der Waals surface area contributed by atoms with Crippen molar-refractivity contribution in [2.24, 2.45) is 0 Å². The van der Waals surface area contributed by atoms with E-state index in [1.807, 2.05) is 0 Å². The number of carbonyl (C=O) groups excluding carboxylic acids is 1. The molecule has 0 aliphatic heterocycles. The minimum atomic E-state index is -0.819. The van der Waals surface area contributed by atoms with Gasteiger partial charge in [0.1, 0.15) is 23.0 Å². The Morgan fingerprint density at radius 3 is 2.78 bits per heavy atom. The van der Waals surface area contributed by atoms with E-state index in [4.69, 9.17) is 9.15 Å². The molecule has 1 heterocycles. The van der Waals surface area contributed by atoms with Gasteiger partial charge in [-0.3, -0.25) is 4.79 Å². The van der Waals surface area contributed by atoms with Crippen molar-refractivity contribution in [1.29, 1.82) is 0 Å². The van der Waals surface area contributed by atoms with Gasteiger partial charge in [0, 0.05) is 23.1 Å². The van der Waals surface area contributed by atoms with E-state index in [1.54, 1.807) is 25.3 Å². The Kier molecular flexibility index (Phi) is 3.97. The summed E-state index contributed by atoms with van der Waals surface area (Å²) in [5.41, 5.74) is 1.20. The van der Waals surface area contributed by atoms with Crippen molar-refractivity contribution in [2.45, 2.75) is 6.42 Å². The van der Waals surface area contributed by atoms with Gasteiger partial charge in [-0.25, -0.2) is 8.78 Å². The van der Waals surface area contributed by atoms with Gasteiger partial charge in [0.05, 0.1) is 25.5 Å². The van der Waals surface area contributed by atoms with E-state index in [2.05, 4.69) is 5.32 Å². The molecular formula is C17H13F2NO3. The maximum atomic E-state index is 13.5. The maximum Gasteiger partial charge on any atom is 0.229 e. The Labute approximate surface area is 130 Å². The molecule has 1 N–H and O–H groups in total. The molecule has 1 amide bonds. The fourth-order valence-corrected chi connectivity index (χ4v) is 2.29. The van der Waals surface area contributed by atoms with E-state index in [0.717, 1.165) is 17.5 Å². The number of fused-ring (bicyclic) bond motifs is 1. The first-order chi connectivity index (χ1) is 11.1. The molecule has 0 bridgehead atoms. The summed E-state index contributed by atoms with van der Waals surface area (Å²) >= 11 is 0. The van der Waals surface area contributed by atoms with Gasteiger partial charge in [-0.15, -0.1) is 0 Å². The van der Waals surface area contributed by atoms with Crippen molar-refractivity contribution in [1.82, 2.24) is 0 Å². The summed E-state index contributed by atoms with van der Waals surface area (Å²) in [6.07, 6.45) is 1.49. The number of ether oxygens (including phenoxy) is 1. The second kappa shape index (κ2) is 6.08. The van der Waals surface area contributed by atoms with Crippen LogP contribution in [0.25, 0.3) is 11.0 Å². The van der Waals surface area contributed by atoms with Crippen LogP contribution in [0.15, 0.2) is 47.1 Å². The number of benzene rings is 2. The van der Waals surface area contributed by atoms with Gasteiger partial charge in [-0.2, -0.15) is 0 Å². The minimum Gasteiger partial charge on any atom is -0.497 e. The van der Waals surface area contributed by atoms with E-state index >= 15 is 0 Å². The van der Waals surface area contributed by atoms with Crippen LogP contribution in [0.1, 0.15) is 5.56 Å². The third-order valence-corrected chi connectivity index (χ3v) is 3.42. The molecule has 0 saturated carbocycles. The van der Waals surface area contributed by atoms with Crippen LogP contribution in [-0.2, 0) is 11.2 Å². The highest BCUT2D eigenvalue weighted by molar-refractivity contribution is 5.95. The average molecular weight is 317 g/mol. The number of carbonyl (C=O) groups is 1. The van der Waals surface area contributed by atoms with Gasteiger partial charge in [-0.05, 0) is 24.3 Å². The molecule has 1 aromatic heterocycles. The maximum absolute atomic E-state index is 13.5. The number of hydrogen-bond acceptors (Lipinski definition) is 3. The summed E-state index contributed by atoms with van der Waals surface area (Å²) in [6, 6.07) is 8.25. The van der Waals surface area contributed by atoms with E-state index in [-0.39, 0.29) is 12.1 Å². The number of nitrogens with one attached hydrogen (secondary N) is 1. The zero-order valence-corrected chi connectivity index (χ0v) is 12.2. The molecule has 118 valence electrons. The number of rotatable bonds is 4.